The lowest BCUT2D eigenvalue weighted by Crippen LogP contribution is -2.38. The lowest BCUT2D eigenvalue weighted by atomic mass is 9.92. The molecule has 1 heterocycles. The van der Waals surface area contributed by atoms with Gasteiger partial charge in [-0.2, -0.15) is 0 Å². The molecule has 1 unspecified atom stereocenters. The minimum Gasteiger partial charge on any atom is -0.398 e. The lowest BCUT2D eigenvalue weighted by molar-refractivity contribution is -0.0703. The molecule has 2 fully saturated rings. The maximum Gasteiger partial charge on any atom is 0.0693 e. The van der Waals surface area contributed by atoms with E-state index in [-0.39, 0.29) is 5.60 Å². The zero-order valence-corrected chi connectivity index (χ0v) is 13.4. The number of anilines is 1. The van der Waals surface area contributed by atoms with E-state index in [0.29, 0.717) is 5.25 Å². The van der Waals surface area contributed by atoms with E-state index in [9.17, 15) is 0 Å². The molecule has 1 aromatic rings. The number of nitrogen functional groups attached to an aromatic ring is 1. The van der Waals surface area contributed by atoms with Crippen LogP contribution in [0.2, 0.25) is 0 Å². The van der Waals surface area contributed by atoms with E-state index in [2.05, 4.69) is 22.0 Å². The smallest absolute Gasteiger partial charge is 0.0693 e. The van der Waals surface area contributed by atoms with Crippen molar-refractivity contribution in [3.05, 3.63) is 22.7 Å². The lowest BCUT2D eigenvalue weighted by Gasteiger charge is -2.38. The molecule has 1 aliphatic heterocycles. The van der Waals surface area contributed by atoms with Crippen LogP contribution >= 0.6 is 27.7 Å². The number of nitrogens with two attached hydrogens (primary N) is 1. The van der Waals surface area contributed by atoms with Gasteiger partial charge in [0.05, 0.1) is 5.60 Å². The zero-order chi connectivity index (χ0) is 13.3. The maximum absolute atomic E-state index is 6.09. The average Bonchev–Trinajstić information content (AvgIpc) is 2.82. The molecular formula is C15H20BrNOS. The molecule has 2 N–H and O–H groups in total. The Morgan fingerprint density at radius 1 is 1.32 bits per heavy atom. The average molecular weight is 342 g/mol. The molecular weight excluding hydrogens is 322 g/mol. The Balaban J connectivity index is 1.70. The second kappa shape index (κ2) is 5.66. The Kier molecular flexibility index (Phi) is 4.11. The van der Waals surface area contributed by atoms with E-state index in [4.69, 9.17) is 10.5 Å². The van der Waals surface area contributed by atoms with Gasteiger partial charge in [-0.25, -0.2) is 0 Å². The minimum absolute atomic E-state index is 0.191. The summed E-state index contributed by atoms with van der Waals surface area (Å²) in [6, 6.07) is 6.12. The van der Waals surface area contributed by atoms with Gasteiger partial charge < -0.3 is 10.5 Å². The topological polar surface area (TPSA) is 35.2 Å². The summed E-state index contributed by atoms with van der Waals surface area (Å²) in [6.07, 6.45) is 7.48. The molecule has 4 heteroatoms. The number of hydrogen-bond acceptors (Lipinski definition) is 3. The maximum atomic E-state index is 6.09. The number of thioether (sulfide) groups is 1. The zero-order valence-electron chi connectivity index (χ0n) is 11.0. The third-order valence-corrected chi connectivity index (χ3v) is 6.07. The van der Waals surface area contributed by atoms with Crippen LogP contribution in [0.15, 0.2) is 27.6 Å². The van der Waals surface area contributed by atoms with Crippen molar-refractivity contribution in [1.29, 1.82) is 0 Å². The molecule has 0 bridgehead atoms. The number of ether oxygens (including phenoxy) is 1. The van der Waals surface area contributed by atoms with Gasteiger partial charge in [-0.05, 0) is 43.9 Å². The fraction of sp³-hybridized carbons (Fsp3) is 0.600. The highest BCUT2D eigenvalue weighted by Crippen LogP contribution is 2.45. The van der Waals surface area contributed by atoms with Crippen molar-refractivity contribution >= 4 is 33.4 Å². The van der Waals surface area contributed by atoms with Crippen LogP contribution in [0.5, 0.6) is 0 Å². The van der Waals surface area contributed by atoms with Crippen LogP contribution in [0, 0.1) is 0 Å². The van der Waals surface area contributed by atoms with Gasteiger partial charge in [-0.15, -0.1) is 11.8 Å². The van der Waals surface area contributed by atoms with E-state index < -0.39 is 0 Å². The van der Waals surface area contributed by atoms with Gasteiger partial charge in [0.25, 0.3) is 0 Å². The first-order valence-corrected chi connectivity index (χ1v) is 8.70. The SMILES string of the molecule is Nc1ccc(Br)cc1SC1CCOC2(CCCC2)C1. The Morgan fingerprint density at radius 3 is 2.89 bits per heavy atom. The van der Waals surface area contributed by atoms with E-state index in [1.54, 1.807) is 0 Å². The Hall–Kier alpha value is -0.190. The van der Waals surface area contributed by atoms with Crippen LogP contribution in [0.4, 0.5) is 5.69 Å². The second-order valence-corrected chi connectivity index (χ2v) is 7.91. The second-order valence-electron chi connectivity index (χ2n) is 5.65. The van der Waals surface area contributed by atoms with Crippen LogP contribution in [-0.4, -0.2) is 17.5 Å². The summed E-state index contributed by atoms with van der Waals surface area (Å²) in [5, 5.41) is 0.642. The largest absolute Gasteiger partial charge is 0.398 e. The molecule has 3 rings (SSSR count). The Bertz CT molecular complexity index is 459. The Morgan fingerprint density at radius 2 is 2.11 bits per heavy atom. The van der Waals surface area contributed by atoms with Gasteiger partial charge in [0.2, 0.25) is 0 Å². The van der Waals surface area contributed by atoms with Crippen molar-refractivity contribution in [2.45, 2.75) is 54.3 Å². The standard InChI is InChI=1S/C15H20BrNOS/c16-11-3-4-13(17)14(9-11)19-12-5-8-18-15(10-12)6-1-2-7-15/h3-4,9,12H,1-2,5-8,10,17H2. The van der Waals surface area contributed by atoms with Gasteiger partial charge in [0.1, 0.15) is 0 Å². The number of hydrogen-bond donors (Lipinski definition) is 1. The van der Waals surface area contributed by atoms with E-state index in [0.717, 1.165) is 23.2 Å². The monoisotopic (exact) mass is 341 g/mol. The molecule has 0 amide bonds. The molecule has 2 nitrogen and oxygen atoms in total. The number of halogens is 1. The van der Waals surface area contributed by atoms with E-state index >= 15 is 0 Å². The quantitative estimate of drug-likeness (QED) is 0.797. The van der Waals surface area contributed by atoms with Crippen LogP contribution < -0.4 is 5.73 Å². The first-order chi connectivity index (χ1) is 9.17. The molecule has 19 heavy (non-hydrogen) atoms. The third-order valence-electron chi connectivity index (χ3n) is 4.23. The molecule has 2 aliphatic rings. The first-order valence-electron chi connectivity index (χ1n) is 7.03. The minimum atomic E-state index is 0.191. The summed E-state index contributed by atoms with van der Waals surface area (Å²) in [4.78, 5) is 1.20. The molecule has 1 saturated heterocycles. The van der Waals surface area contributed by atoms with Crippen molar-refractivity contribution in [2.24, 2.45) is 0 Å². The molecule has 1 aromatic carbocycles. The Labute approximate surface area is 127 Å². The first kappa shape index (κ1) is 13.8. The highest BCUT2D eigenvalue weighted by Gasteiger charge is 2.40. The van der Waals surface area contributed by atoms with Crippen molar-refractivity contribution in [1.82, 2.24) is 0 Å². The molecule has 1 saturated carbocycles. The highest BCUT2D eigenvalue weighted by atomic mass is 79.9. The summed E-state index contributed by atoms with van der Waals surface area (Å²) in [5.74, 6) is 0. The van der Waals surface area contributed by atoms with Gasteiger partial charge in [-0.3, -0.25) is 0 Å². The van der Waals surface area contributed by atoms with Crippen LogP contribution in [-0.2, 0) is 4.74 Å². The predicted molar refractivity (Wildman–Crippen MR) is 84.6 cm³/mol. The summed E-state index contributed by atoms with van der Waals surface area (Å²) in [6.45, 7) is 0.908. The fourth-order valence-electron chi connectivity index (χ4n) is 3.24. The van der Waals surface area contributed by atoms with Gasteiger partial charge in [-0.1, -0.05) is 28.8 Å². The predicted octanol–water partition coefficient (Wildman–Crippen LogP) is 4.62. The van der Waals surface area contributed by atoms with Crippen molar-refractivity contribution in [3.8, 4) is 0 Å². The van der Waals surface area contributed by atoms with Crippen LogP contribution in [0.25, 0.3) is 0 Å². The third kappa shape index (κ3) is 3.11. The van der Waals surface area contributed by atoms with Gasteiger partial charge >= 0.3 is 0 Å². The molecule has 0 radical (unpaired) electrons. The van der Waals surface area contributed by atoms with Gasteiger partial charge in [0.15, 0.2) is 0 Å². The van der Waals surface area contributed by atoms with Crippen LogP contribution in [0.3, 0.4) is 0 Å². The fourth-order valence-corrected chi connectivity index (χ4v) is 5.11. The molecule has 1 aliphatic carbocycles. The summed E-state index contributed by atoms with van der Waals surface area (Å²) >= 11 is 5.46. The van der Waals surface area contributed by atoms with Crippen molar-refractivity contribution < 1.29 is 4.74 Å². The van der Waals surface area contributed by atoms with Gasteiger partial charge in [0, 0.05) is 26.9 Å². The molecule has 0 aromatic heterocycles. The molecule has 1 atom stereocenters. The van der Waals surface area contributed by atoms with E-state index in [1.165, 1.54) is 37.0 Å². The summed E-state index contributed by atoms with van der Waals surface area (Å²) < 4.78 is 7.20. The summed E-state index contributed by atoms with van der Waals surface area (Å²) in [7, 11) is 0. The van der Waals surface area contributed by atoms with Crippen LogP contribution in [0.1, 0.15) is 38.5 Å². The van der Waals surface area contributed by atoms with Crippen molar-refractivity contribution in [3.63, 3.8) is 0 Å². The molecule has 104 valence electrons. The molecule has 1 spiro atoms. The number of benzene rings is 1. The van der Waals surface area contributed by atoms with E-state index in [1.807, 2.05) is 23.9 Å². The highest BCUT2D eigenvalue weighted by molar-refractivity contribution is 9.10. The summed E-state index contributed by atoms with van der Waals surface area (Å²) in [5.41, 5.74) is 7.16. The van der Waals surface area contributed by atoms with Crippen molar-refractivity contribution in [2.75, 3.05) is 12.3 Å². The normalized spacial score (nSPS) is 25.8. The number of rotatable bonds is 2.